The van der Waals surface area contributed by atoms with E-state index in [0.717, 1.165) is 37.2 Å². The average Bonchev–Trinajstić information content (AvgIpc) is 3.11. The van der Waals surface area contributed by atoms with Crippen LogP contribution in [0, 0.1) is 0 Å². The lowest BCUT2D eigenvalue weighted by Crippen LogP contribution is -2.37. The van der Waals surface area contributed by atoms with Gasteiger partial charge in [-0.2, -0.15) is 0 Å². The molecule has 0 bridgehead atoms. The number of allylic oxidation sites excluding steroid dienone is 1. The number of hydrogen-bond donors (Lipinski definition) is 0. The number of carbonyl (C=O) groups excluding carboxylic acids is 1. The predicted octanol–water partition coefficient (Wildman–Crippen LogP) is 5.28. The summed E-state index contributed by atoms with van der Waals surface area (Å²) in [7, 11) is 2.20. The lowest BCUT2D eigenvalue weighted by atomic mass is 10.0. The monoisotopic (exact) mass is 395 g/mol. The van der Waals surface area contributed by atoms with Gasteiger partial charge < -0.3 is 14.2 Å². The third-order valence-electron chi connectivity index (χ3n) is 5.95. The van der Waals surface area contributed by atoms with E-state index in [2.05, 4.69) is 53.1 Å². The highest BCUT2D eigenvalue weighted by atomic mass is 16.6. The van der Waals surface area contributed by atoms with Crippen LogP contribution < -0.4 is 0 Å². The molecule has 1 aromatic heterocycles. The van der Waals surface area contributed by atoms with Gasteiger partial charge in [0.1, 0.15) is 5.60 Å². The largest absolute Gasteiger partial charge is 0.443 e. The summed E-state index contributed by atoms with van der Waals surface area (Å²) in [5.74, 6) is 0. The van der Waals surface area contributed by atoms with Gasteiger partial charge in [-0.3, -0.25) is 4.90 Å². The predicted molar refractivity (Wildman–Crippen MR) is 118 cm³/mol. The van der Waals surface area contributed by atoms with E-state index in [-0.39, 0.29) is 6.09 Å². The maximum absolute atomic E-state index is 12.9. The molecule has 0 N–H and O–H groups in total. The van der Waals surface area contributed by atoms with E-state index in [0.29, 0.717) is 12.6 Å². The van der Waals surface area contributed by atoms with Gasteiger partial charge in [0.25, 0.3) is 0 Å². The Labute approximate surface area is 173 Å². The number of likely N-dealkylation sites (tertiary alicyclic amines) is 1. The van der Waals surface area contributed by atoms with Crippen LogP contribution in [-0.4, -0.2) is 52.7 Å². The summed E-state index contributed by atoms with van der Waals surface area (Å²) in [6.45, 7) is 8.73. The second-order valence-corrected chi connectivity index (χ2v) is 9.36. The van der Waals surface area contributed by atoms with Crippen molar-refractivity contribution in [3.8, 4) is 0 Å². The Bertz CT molecular complexity index is 914. The standard InChI is InChI=1S/C24H33N3O2/c1-24(2,3)29-23(28)27-14-6-5-9-22(27)19-8-7-10-21-20(19)13-17-26(21)18-11-15-25(4)16-12-18/h7-10,13,17-18H,5-6,11-12,14-16H2,1-4H3. The summed E-state index contributed by atoms with van der Waals surface area (Å²) < 4.78 is 8.13. The van der Waals surface area contributed by atoms with Crippen molar-refractivity contribution in [2.24, 2.45) is 0 Å². The summed E-state index contributed by atoms with van der Waals surface area (Å²) in [5.41, 5.74) is 2.87. The second-order valence-electron chi connectivity index (χ2n) is 9.36. The molecular weight excluding hydrogens is 362 g/mol. The zero-order chi connectivity index (χ0) is 20.6. The Hall–Kier alpha value is -2.27. The fourth-order valence-electron chi connectivity index (χ4n) is 4.48. The maximum Gasteiger partial charge on any atom is 0.414 e. The molecule has 3 heterocycles. The van der Waals surface area contributed by atoms with Gasteiger partial charge in [0.05, 0.1) is 5.70 Å². The van der Waals surface area contributed by atoms with Crippen LogP contribution in [0.3, 0.4) is 0 Å². The van der Waals surface area contributed by atoms with Crippen molar-refractivity contribution >= 4 is 22.7 Å². The highest BCUT2D eigenvalue weighted by Crippen LogP contribution is 2.34. The van der Waals surface area contributed by atoms with Crippen molar-refractivity contribution in [1.82, 2.24) is 14.4 Å². The van der Waals surface area contributed by atoms with Gasteiger partial charge >= 0.3 is 6.09 Å². The molecule has 5 heteroatoms. The van der Waals surface area contributed by atoms with Gasteiger partial charge in [0.15, 0.2) is 0 Å². The number of rotatable bonds is 2. The van der Waals surface area contributed by atoms with E-state index in [1.54, 1.807) is 0 Å². The van der Waals surface area contributed by atoms with Crippen LogP contribution in [0.5, 0.6) is 0 Å². The van der Waals surface area contributed by atoms with Crippen molar-refractivity contribution in [2.75, 3.05) is 26.7 Å². The van der Waals surface area contributed by atoms with Crippen molar-refractivity contribution in [3.63, 3.8) is 0 Å². The topological polar surface area (TPSA) is 37.7 Å². The molecule has 1 amide bonds. The molecule has 2 aliphatic rings. The van der Waals surface area contributed by atoms with Crippen LogP contribution in [0.1, 0.15) is 58.1 Å². The third-order valence-corrected chi connectivity index (χ3v) is 5.95. The van der Waals surface area contributed by atoms with Crippen LogP contribution in [0.15, 0.2) is 36.5 Å². The lowest BCUT2D eigenvalue weighted by molar-refractivity contribution is 0.0347. The van der Waals surface area contributed by atoms with Crippen LogP contribution in [-0.2, 0) is 4.74 Å². The maximum atomic E-state index is 12.9. The van der Waals surface area contributed by atoms with Crippen molar-refractivity contribution in [3.05, 3.63) is 42.1 Å². The van der Waals surface area contributed by atoms with E-state index < -0.39 is 5.60 Å². The third kappa shape index (κ3) is 4.20. The van der Waals surface area contributed by atoms with Gasteiger partial charge in [0, 0.05) is 35.2 Å². The molecule has 5 nitrogen and oxygen atoms in total. The number of amides is 1. The molecular formula is C24H33N3O2. The van der Waals surface area contributed by atoms with Gasteiger partial charge in [-0.15, -0.1) is 0 Å². The summed E-state index contributed by atoms with van der Waals surface area (Å²) in [5, 5.41) is 1.22. The zero-order valence-electron chi connectivity index (χ0n) is 18.1. The summed E-state index contributed by atoms with van der Waals surface area (Å²) in [4.78, 5) is 17.1. The number of aromatic nitrogens is 1. The van der Waals surface area contributed by atoms with Crippen molar-refractivity contribution in [1.29, 1.82) is 0 Å². The number of nitrogens with zero attached hydrogens (tertiary/aromatic N) is 3. The first kappa shape index (κ1) is 20.0. The molecule has 0 spiro atoms. The molecule has 156 valence electrons. The zero-order valence-corrected chi connectivity index (χ0v) is 18.1. The highest BCUT2D eigenvalue weighted by Gasteiger charge is 2.28. The number of fused-ring (bicyclic) bond motifs is 1. The minimum Gasteiger partial charge on any atom is -0.443 e. The minimum absolute atomic E-state index is 0.254. The Balaban J connectivity index is 1.68. The number of piperidine rings is 1. The molecule has 1 saturated heterocycles. The fraction of sp³-hybridized carbons (Fsp3) is 0.542. The average molecular weight is 396 g/mol. The minimum atomic E-state index is -0.497. The van der Waals surface area contributed by atoms with Crippen molar-refractivity contribution in [2.45, 2.75) is 58.1 Å². The Morgan fingerprint density at radius 2 is 1.86 bits per heavy atom. The normalized spacial score (nSPS) is 19.4. The molecule has 0 unspecified atom stereocenters. The van der Waals surface area contributed by atoms with E-state index in [9.17, 15) is 4.79 Å². The van der Waals surface area contributed by atoms with E-state index in [1.807, 2.05) is 25.7 Å². The Morgan fingerprint density at radius 1 is 1.10 bits per heavy atom. The molecule has 0 atom stereocenters. The first-order valence-electron chi connectivity index (χ1n) is 10.8. The summed E-state index contributed by atoms with van der Waals surface area (Å²) in [6, 6.07) is 9.22. The lowest BCUT2D eigenvalue weighted by Gasteiger charge is -2.32. The highest BCUT2D eigenvalue weighted by molar-refractivity contribution is 5.95. The second kappa shape index (κ2) is 7.86. The first-order valence-corrected chi connectivity index (χ1v) is 10.8. The molecule has 0 aliphatic carbocycles. The van der Waals surface area contributed by atoms with E-state index >= 15 is 0 Å². The van der Waals surface area contributed by atoms with Crippen LogP contribution in [0.4, 0.5) is 4.79 Å². The molecule has 4 rings (SSSR count). The summed E-state index contributed by atoms with van der Waals surface area (Å²) >= 11 is 0. The molecule has 2 aromatic rings. The number of hydrogen-bond acceptors (Lipinski definition) is 3. The van der Waals surface area contributed by atoms with Gasteiger partial charge in [-0.05, 0) is 78.7 Å². The summed E-state index contributed by atoms with van der Waals surface area (Å²) in [6.07, 6.45) is 8.47. The van der Waals surface area contributed by atoms with Crippen LogP contribution >= 0.6 is 0 Å². The Kier molecular flexibility index (Phi) is 5.43. The Morgan fingerprint density at radius 3 is 2.59 bits per heavy atom. The quantitative estimate of drug-likeness (QED) is 0.694. The van der Waals surface area contributed by atoms with E-state index in [4.69, 9.17) is 4.74 Å². The number of ether oxygens (including phenoxy) is 1. The van der Waals surface area contributed by atoms with Crippen molar-refractivity contribution < 1.29 is 9.53 Å². The fourth-order valence-corrected chi connectivity index (χ4v) is 4.48. The van der Waals surface area contributed by atoms with Crippen LogP contribution in [0.2, 0.25) is 0 Å². The molecule has 2 aliphatic heterocycles. The van der Waals surface area contributed by atoms with Gasteiger partial charge in [-0.1, -0.05) is 18.2 Å². The first-order chi connectivity index (χ1) is 13.8. The number of benzene rings is 1. The van der Waals surface area contributed by atoms with E-state index in [1.165, 1.54) is 23.7 Å². The van der Waals surface area contributed by atoms with Crippen LogP contribution in [0.25, 0.3) is 16.6 Å². The van der Waals surface area contributed by atoms with Gasteiger partial charge in [0.2, 0.25) is 0 Å². The molecule has 0 radical (unpaired) electrons. The smallest absolute Gasteiger partial charge is 0.414 e. The molecule has 29 heavy (non-hydrogen) atoms. The molecule has 0 saturated carbocycles. The molecule has 1 aromatic carbocycles. The van der Waals surface area contributed by atoms with Gasteiger partial charge in [-0.25, -0.2) is 4.79 Å². The molecule has 1 fully saturated rings. The SMILES string of the molecule is CN1CCC(n2ccc3c(C4=CCCCN4C(=O)OC(C)(C)C)cccc32)CC1. The number of carbonyl (C=O) groups is 1.